The Labute approximate surface area is 93.2 Å². The Kier molecular flexibility index (Phi) is 2.45. The summed E-state index contributed by atoms with van der Waals surface area (Å²) >= 11 is 1.68. The number of aromatic nitrogens is 1. The largest absolute Gasteiger partial charge is 0.241 e. The lowest BCUT2D eigenvalue weighted by molar-refractivity contribution is 0.492. The average molecular weight is 216 g/mol. The number of hydrogen-bond donors (Lipinski definition) is 0. The molecule has 0 saturated carbocycles. The lowest BCUT2D eigenvalue weighted by Crippen LogP contribution is -2.11. The first kappa shape index (κ1) is 10.1. The number of nitriles is 1. The van der Waals surface area contributed by atoms with E-state index in [0.29, 0.717) is 0 Å². The van der Waals surface area contributed by atoms with Gasteiger partial charge in [0, 0.05) is 6.42 Å². The molecule has 0 amide bonds. The van der Waals surface area contributed by atoms with Crippen LogP contribution < -0.4 is 0 Å². The molecule has 2 aromatic rings. The SMILES string of the molecule is CC(C)(C#N)Cc1nc2ccccc2s1. The van der Waals surface area contributed by atoms with Crippen molar-refractivity contribution in [3.63, 3.8) is 0 Å². The first-order valence-electron chi connectivity index (χ1n) is 4.86. The van der Waals surface area contributed by atoms with E-state index in [1.165, 1.54) is 4.70 Å². The van der Waals surface area contributed by atoms with Gasteiger partial charge in [0.05, 0.1) is 26.7 Å². The lowest BCUT2D eigenvalue weighted by atomic mass is 9.92. The predicted octanol–water partition coefficient (Wildman–Crippen LogP) is 3.39. The Morgan fingerprint density at radius 1 is 1.40 bits per heavy atom. The molecule has 1 heterocycles. The number of hydrogen-bond acceptors (Lipinski definition) is 3. The molecule has 0 saturated heterocycles. The zero-order valence-electron chi connectivity index (χ0n) is 8.82. The van der Waals surface area contributed by atoms with E-state index in [4.69, 9.17) is 5.26 Å². The minimum Gasteiger partial charge on any atom is -0.241 e. The summed E-state index contributed by atoms with van der Waals surface area (Å²) in [6.07, 6.45) is 0.725. The van der Waals surface area contributed by atoms with E-state index in [1.54, 1.807) is 11.3 Å². The maximum atomic E-state index is 8.96. The van der Waals surface area contributed by atoms with Crippen molar-refractivity contribution in [3.8, 4) is 6.07 Å². The molecule has 0 spiro atoms. The van der Waals surface area contributed by atoms with Gasteiger partial charge < -0.3 is 0 Å². The highest BCUT2D eigenvalue weighted by Crippen LogP contribution is 2.27. The van der Waals surface area contributed by atoms with E-state index in [0.717, 1.165) is 16.9 Å². The van der Waals surface area contributed by atoms with Crippen molar-refractivity contribution in [1.82, 2.24) is 4.98 Å². The van der Waals surface area contributed by atoms with Crippen molar-refractivity contribution in [2.75, 3.05) is 0 Å². The number of thiazole rings is 1. The molecule has 0 unspecified atom stereocenters. The minimum atomic E-state index is -0.326. The van der Waals surface area contributed by atoms with E-state index >= 15 is 0 Å². The zero-order valence-corrected chi connectivity index (χ0v) is 9.64. The van der Waals surface area contributed by atoms with E-state index in [9.17, 15) is 0 Å². The fraction of sp³-hybridized carbons (Fsp3) is 0.333. The van der Waals surface area contributed by atoms with E-state index in [2.05, 4.69) is 17.1 Å². The third-order valence-corrected chi connectivity index (χ3v) is 3.27. The summed E-state index contributed by atoms with van der Waals surface area (Å²) in [7, 11) is 0. The molecular formula is C12H12N2S. The Bertz CT molecular complexity index is 487. The predicted molar refractivity (Wildman–Crippen MR) is 62.7 cm³/mol. The molecule has 0 N–H and O–H groups in total. The van der Waals surface area contributed by atoms with Gasteiger partial charge in [-0.1, -0.05) is 12.1 Å². The van der Waals surface area contributed by atoms with Crippen LogP contribution in [-0.2, 0) is 6.42 Å². The van der Waals surface area contributed by atoms with Crippen molar-refractivity contribution in [1.29, 1.82) is 5.26 Å². The highest BCUT2D eigenvalue weighted by Gasteiger charge is 2.19. The topological polar surface area (TPSA) is 36.7 Å². The van der Waals surface area contributed by atoms with Crippen LogP contribution in [0.25, 0.3) is 10.2 Å². The summed E-state index contributed by atoms with van der Waals surface area (Å²) in [6, 6.07) is 10.4. The van der Waals surface area contributed by atoms with Crippen molar-refractivity contribution in [3.05, 3.63) is 29.3 Å². The third-order valence-electron chi connectivity index (χ3n) is 2.23. The normalized spacial score (nSPS) is 11.5. The van der Waals surface area contributed by atoms with Crippen LogP contribution in [0.5, 0.6) is 0 Å². The first-order valence-corrected chi connectivity index (χ1v) is 5.68. The summed E-state index contributed by atoms with van der Waals surface area (Å²) in [5, 5.41) is 10.0. The molecule has 76 valence electrons. The van der Waals surface area contributed by atoms with Crippen LogP contribution in [0.15, 0.2) is 24.3 Å². The fourth-order valence-corrected chi connectivity index (χ4v) is 2.61. The van der Waals surface area contributed by atoms with Gasteiger partial charge >= 0.3 is 0 Å². The van der Waals surface area contributed by atoms with Crippen LogP contribution >= 0.6 is 11.3 Å². The maximum Gasteiger partial charge on any atom is 0.0954 e. The molecule has 0 bridgehead atoms. The molecule has 1 aromatic carbocycles. The smallest absolute Gasteiger partial charge is 0.0954 e. The molecule has 3 heteroatoms. The highest BCUT2D eigenvalue weighted by atomic mass is 32.1. The van der Waals surface area contributed by atoms with Gasteiger partial charge in [-0.05, 0) is 26.0 Å². The Morgan fingerprint density at radius 2 is 2.13 bits per heavy atom. The molecule has 15 heavy (non-hydrogen) atoms. The van der Waals surface area contributed by atoms with Crippen molar-refractivity contribution in [2.24, 2.45) is 5.41 Å². The molecule has 0 aliphatic carbocycles. The standard InChI is InChI=1S/C12H12N2S/c1-12(2,8-13)7-11-14-9-5-3-4-6-10(9)15-11/h3-6H,7H2,1-2H3. The number of fused-ring (bicyclic) bond motifs is 1. The van der Waals surface area contributed by atoms with Gasteiger partial charge in [-0.3, -0.25) is 0 Å². The Morgan fingerprint density at radius 3 is 2.80 bits per heavy atom. The van der Waals surface area contributed by atoms with E-state index in [-0.39, 0.29) is 5.41 Å². The summed E-state index contributed by atoms with van der Waals surface area (Å²) in [5.41, 5.74) is 0.708. The van der Waals surface area contributed by atoms with Gasteiger partial charge in [-0.25, -0.2) is 4.98 Å². The Balaban J connectivity index is 2.35. The van der Waals surface area contributed by atoms with E-state index < -0.39 is 0 Å². The summed E-state index contributed by atoms with van der Waals surface area (Å²) < 4.78 is 1.20. The second kappa shape index (κ2) is 3.63. The van der Waals surface area contributed by atoms with Crippen LogP contribution in [-0.4, -0.2) is 4.98 Å². The Hall–Kier alpha value is -1.40. The van der Waals surface area contributed by atoms with Gasteiger partial charge in [0.25, 0.3) is 0 Å². The molecule has 0 radical (unpaired) electrons. The number of benzene rings is 1. The summed E-state index contributed by atoms with van der Waals surface area (Å²) in [5.74, 6) is 0. The van der Waals surface area contributed by atoms with Crippen LogP contribution in [0.3, 0.4) is 0 Å². The summed E-state index contributed by atoms with van der Waals surface area (Å²) in [4.78, 5) is 4.51. The number of rotatable bonds is 2. The molecule has 2 nitrogen and oxygen atoms in total. The van der Waals surface area contributed by atoms with Gasteiger partial charge in [0.15, 0.2) is 0 Å². The van der Waals surface area contributed by atoms with Crippen molar-refractivity contribution < 1.29 is 0 Å². The molecule has 2 rings (SSSR count). The van der Waals surface area contributed by atoms with Crippen LogP contribution in [0.4, 0.5) is 0 Å². The highest BCUT2D eigenvalue weighted by molar-refractivity contribution is 7.18. The van der Waals surface area contributed by atoms with Gasteiger partial charge in [-0.15, -0.1) is 11.3 Å². The number of nitrogens with zero attached hydrogens (tertiary/aromatic N) is 2. The molecule has 0 atom stereocenters. The third kappa shape index (κ3) is 2.16. The van der Waals surface area contributed by atoms with Gasteiger partial charge in [-0.2, -0.15) is 5.26 Å². The van der Waals surface area contributed by atoms with Crippen molar-refractivity contribution >= 4 is 21.6 Å². The van der Waals surface area contributed by atoms with Gasteiger partial charge in [0.1, 0.15) is 0 Å². The molecule has 1 aromatic heterocycles. The van der Waals surface area contributed by atoms with Crippen LogP contribution in [0.1, 0.15) is 18.9 Å². The monoisotopic (exact) mass is 216 g/mol. The first-order chi connectivity index (χ1) is 7.11. The second-order valence-electron chi connectivity index (χ2n) is 4.25. The lowest BCUT2D eigenvalue weighted by Gasteiger charge is -2.11. The van der Waals surface area contributed by atoms with Gasteiger partial charge in [0.2, 0.25) is 0 Å². The fourth-order valence-electron chi connectivity index (χ4n) is 1.41. The van der Waals surface area contributed by atoms with Crippen LogP contribution in [0, 0.1) is 16.7 Å². The molecule has 0 aliphatic heterocycles. The maximum absolute atomic E-state index is 8.96. The van der Waals surface area contributed by atoms with E-state index in [1.807, 2.05) is 32.0 Å². The quantitative estimate of drug-likeness (QED) is 0.771. The average Bonchev–Trinajstić information content (AvgIpc) is 2.58. The zero-order chi connectivity index (χ0) is 10.9. The summed E-state index contributed by atoms with van der Waals surface area (Å²) in [6.45, 7) is 3.89. The number of para-hydroxylation sites is 1. The molecular weight excluding hydrogens is 204 g/mol. The molecule has 0 fully saturated rings. The van der Waals surface area contributed by atoms with Crippen LogP contribution in [0.2, 0.25) is 0 Å². The second-order valence-corrected chi connectivity index (χ2v) is 5.36. The van der Waals surface area contributed by atoms with Crippen molar-refractivity contribution in [2.45, 2.75) is 20.3 Å². The minimum absolute atomic E-state index is 0.326. The molecule has 0 aliphatic rings.